The van der Waals surface area contributed by atoms with Crippen LogP contribution in [0.4, 0.5) is 0 Å². The highest BCUT2D eigenvalue weighted by molar-refractivity contribution is 7.09. The third-order valence-electron chi connectivity index (χ3n) is 7.46. The van der Waals surface area contributed by atoms with Crippen molar-refractivity contribution in [2.24, 2.45) is 5.16 Å². The summed E-state index contributed by atoms with van der Waals surface area (Å²) in [6.07, 6.45) is 5.39. The van der Waals surface area contributed by atoms with Gasteiger partial charge in [0.1, 0.15) is 17.9 Å². The largest absolute Gasteiger partial charge is 0.494 e. The van der Waals surface area contributed by atoms with Crippen molar-refractivity contribution >= 4 is 17.6 Å². The predicted octanol–water partition coefficient (Wildman–Crippen LogP) is 6.87. The second-order valence-electron chi connectivity index (χ2n) is 10.3. The van der Waals surface area contributed by atoms with Gasteiger partial charge in [-0.15, -0.1) is 0 Å². The average Bonchev–Trinajstić information content (AvgIpc) is 3.38. The van der Waals surface area contributed by atoms with Crippen LogP contribution in [-0.2, 0) is 16.8 Å². The summed E-state index contributed by atoms with van der Waals surface area (Å²) in [7, 11) is 0. The van der Waals surface area contributed by atoms with E-state index in [9.17, 15) is 9.90 Å². The summed E-state index contributed by atoms with van der Waals surface area (Å²) in [5.74, 6) is 0.635. The molecule has 0 aliphatic rings. The average molecular weight is 614 g/mol. The lowest BCUT2D eigenvalue weighted by Gasteiger charge is -2.37. The Morgan fingerprint density at radius 3 is 1.93 bits per heavy atom. The van der Waals surface area contributed by atoms with E-state index in [2.05, 4.69) is 10.1 Å². The normalized spacial score (nSPS) is 11.5. The zero-order chi connectivity index (χ0) is 30.9. The van der Waals surface area contributed by atoms with Crippen LogP contribution in [0.25, 0.3) is 0 Å². The molecular weight excluding hydrogens is 582 g/mol. The third-order valence-corrected chi connectivity index (χ3v) is 8.39. The summed E-state index contributed by atoms with van der Waals surface area (Å²) < 4.78 is 7.33. The van der Waals surface area contributed by atoms with Gasteiger partial charge in [-0.2, -0.15) is 0 Å². The molecule has 4 aromatic carbocycles. The quantitative estimate of drug-likeness (QED) is 0.0705. The van der Waals surface area contributed by atoms with Gasteiger partial charge in [-0.3, -0.25) is 14.3 Å². The first kappa shape index (κ1) is 29.6. The molecule has 0 aliphatic heterocycles. The lowest BCUT2D eigenvalue weighted by Crippen LogP contribution is -2.42. The highest BCUT2D eigenvalue weighted by Crippen LogP contribution is 2.43. The number of benzene rings is 4. The molecule has 45 heavy (non-hydrogen) atoms. The van der Waals surface area contributed by atoms with Crippen molar-refractivity contribution in [3.63, 3.8) is 0 Å². The van der Waals surface area contributed by atoms with E-state index in [0.29, 0.717) is 30.3 Å². The van der Waals surface area contributed by atoms with E-state index < -0.39 is 5.54 Å². The van der Waals surface area contributed by atoms with Crippen LogP contribution < -0.4 is 9.61 Å². The summed E-state index contributed by atoms with van der Waals surface area (Å²) >= 11 is 1.06. The number of aromatic nitrogens is 2. The first-order valence-electron chi connectivity index (χ1n) is 14.5. The maximum atomic E-state index is 13.9. The van der Waals surface area contributed by atoms with Crippen molar-refractivity contribution in [1.82, 2.24) is 9.55 Å². The van der Waals surface area contributed by atoms with Crippen molar-refractivity contribution in [1.29, 1.82) is 0 Å². The summed E-state index contributed by atoms with van der Waals surface area (Å²) in [6, 6.07) is 40.9. The zero-order valence-electron chi connectivity index (χ0n) is 24.4. The van der Waals surface area contributed by atoms with Crippen LogP contribution in [-0.4, -0.2) is 34.1 Å². The summed E-state index contributed by atoms with van der Waals surface area (Å²) in [5.41, 5.74) is 3.33. The Morgan fingerprint density at radius 1 is 0.778 bits per heavy atom. The maximum absolute atomic E-state index is 13.9. The smallest absolute Gasteiger partial charge is 0.311 e. The van der Waals surface area contributed by atoms with Gasteiger partial charge in [-0.25, -0.2) is 0 Å². The molecule has 8 heteroatoms. The molecule has 0 saturated carbocycles. The minimum atomic E-state index is -1.08. The first-order chi connectivity index (χ1) is 22.2. The molecule has 7 nitrogen and oxygen atoms in total. The van der Waals surface area contributed by atoms with Gasteiger partial charge >= 0.3 is 4.87 Å². The Bertz CT molecular complexity index is 1790. The van der Waals surface area contributed by atoms with E-state index >= 15 is 0 Å². The Labute approximate surface area is 265 Å². The Hall–Kier alpha value is -5.47. The second kappa shape index (κ2) is 13.9. The van der Waals surface area contributed by atoms with Gasteiger partial charge in [0, 0.05) is 24.4 Å². The number of nitrogens with zero attached hydrogens (tertiary/aromatic N) is 3. The summed E-state index contributed by atoms with van der Waals surface area (Å²) in [5, 5.41) is 15.8. The van der Waals surface area contributed by atoms with Crippen molar-refractivity contribution in [2.75, 3.05) is 13.2 Å². The van der Waals surface area contributed by atoms with Gasteiger partial charge in [-0.05, 0) is 40.5 Å². The fraction of sp³-hybridized carbons (Fsp3) is 0.108. The summed E-state index contributed by atoms with van der Waals surface area (Å²) in [6.45, 7) is 0.620. The van der Waals surface area contributed by atoms with Crippen molar-refractivity contribution in [3.05, 3.63) is 182 Å². The molecule has 2 heterocycles. The molecule has 0 saturated heterocycles. The topological polar surface area (TPSA) is 85.9 Å². The van der Waals surface area contributed by atoms with Gasteiger partial charge in [0.2, 0.25) is 5.88 Å². The van der Waals surface area contributed by atoms with Crippen LogP contribution in [0.5, 0.6) is 11.6 Å². The predicted molar refractivity (Wildman–Crippen MR) is 177 cm³/mol. The molecule has 0 spiro atoms. The molecule has 2 aromatic heterocycles. The minimum Gasteiger partial charge on any atom is -0.494 e. The van der Waals surface area contributed by atoms with Crippen LogP contribution in [0, 0.1) is 0 Å². The van der Waals surface area contributed by atoms with Gasteiger partial charge in [-0.1, -0.05) is 126 Å². The van der Waals surface area contributed by atoms with E-state index in [4.69, 9.17) is 9.57 Å². The number of ether oxygens (including phenoxy) is 1. The van der Waals surface area contributed by atoms with Crippen LogP contribution in [0.1, 0.15) is 32.7 Å². The number of hydrogen-bond acceptors (Lipinski definition) is 7. The molecule has 0 unspecified atom stereocenters. The Balaban J connectivity index is 1.24. The number of rotatable bonds is 12. The van der Waals surface area contributed by atoms with Crippen molar-refractivity contribution < 1.29 is 14.7 Å². The second-order valence-corrected chi connectivity index (χ2v) is 11.3. The Kier molecular flexibility index (Phi) is 9.13. The SMILES string of the molecule is O=c1sc(Cc2ccc(OCCON=Cc3cccnc3)cc2)c(O)n1C(c1ccccc1)(c1ccccc1)c1ccccc1. The van der Waals surface area contributed by atoms with E-state index in [0.717, 1.165) is 39.2 Å². The van der Waals surface area contributed by atoms with Crippen molar-refractivity contribution in [3.8, 4) is 11.6 Å². The van der Waals surface area contributed by atoms with Crippen LogP contribution >= 0.6 is 11.3 Å². The summed E-state index contributed by atoms with van der Waals surface area (Å²) in [4.78, 5) is 23.6. The molecule has 0 bridgehead atoms. The third kappa shape index (κ3) is 6.41. The first-order valence-corrected chi connectivity index (χ1v) is 15.4. The van der Waals surface area contributed by atoms with Gasteiger partial charge in [0.15, 0.2) is 6.61 Å². The number of thiazole rings is 1. The molecule has 0 atom stereocenters. The van der Waals surface area contributed by atoms with Crippen molar-refractivity contribution in [2.45, 2.75) is 12.0 Å². The van der Waals surface area contributed by atoms with Gasteiger partial charge < -0.3 is 14.7 Å². The standard InChI is InChI=1S/C37H31N3O4S/c41-35-34(25-28-18-20-33(21-19-28)43-23-24-44-39-27-29-11-10-22-38-26-29)45-36(42)40(35)37(30-12-4-1-5-13-30,31-14-6-2-7-15-31)32-16-8-3-9-17-32/h1-22,26-27,41H,23-25H2. The number of aromatic hydroxyl groups is 1. The van der Waals surface area contributed by atoms with Gasteiger partial charge in [0.05, 0.1) is 11.1 Å². The van der Waals surface area contributed by atoms with E-state index in [1.54, 1.807) is 23.2 Å². The molecule has 6 aromatic rings. The molecule has 0 amide bonds. The maximum Gasteiger partial charge on any atom is 0.311 e. The lowest BCUT2D eigenvalue weighted by molar-refractivity contribution is 0.108. The molecule has 1 N–H and O–H groups in total. The van der Waals surface area contributed by atoms with E-state index in [-0.39, 0.29) is 10.8 Å². The van der Waals surface area contributed by atoms with E-state index in [1.165, 1.54) is 0 Å². The highest BCUT2D eigenvalue weighted by Gasteiger charge is 2.42. The van der Waals surface area contributed by atoms with Crippen LogP contribution in [0.15, 0.2) is 150 Å². The fourth-order valence-corrected chi connectivity index (χ4v) is 6.38. The van der Waals surface area contributed by atoms with Crippen LogP contribution in [0.2, 0.25) is 0 Å². The molecule has 0 aliphatic carbocycles. The fourth-order valence-electron chi connectivity index (χ4n) is 5.43. The van der Waals surface area contributed by atoms with Gasteiger partial charge in [0.25, 0.3) is 0 Å². The number of oxime groups is 1. The Morgan fingerprint density at radius 2 is 1.38 bits per heavy atom. The molecule has 6 rings (SSSR count). The highest BCUT2D eigenvalue weighted by atomic mass is 32.1. The molecular formula is C37H31N3O4S. The molecule has 0 radical (unpaired) electrons. The number of pyridine rings is 1. The molecule has 224 valence electrons. The lowest BCUT2D eigenvalue weighted by atomic mass is 9.76. The monoisotopic (exact) mass is 613 g/mol. The zero-order valence-corrected chi connectivity index (χ0v) is 25.2. The molecule has 0 fully saturated rings. The number of hydrogen-bond donors (Lipinski definition) is 1. The minimum absolute atomic E-state index is 0.0501. The van der Waals surface area contributed by atoms with E-state index in [1.807, 2.05) is 127 Å². The van der Waals surface area contributed by atoms with Crippen LogP contribution in [0.3, 0.4) is 0 Å².